The number of nitrogens with one attached hydrogen (secondary N) is 1. The number of hydrogen-bond donors (Lipinski definition) is 2. The van der Waals surface area contributed by atoms with E-state index in [2.05, 4.69) is 15.6 Å². The number of hydrazine groups is 1. The molecule has 0 radical (unpaired) electrons. The molecule has 7 nitrogen and oxygen atoms in total. The predicted octanol–water partition coefficient (Wildman–Crippen LogP) is 2.02. The third-order valence-electron chi connectivity index (χ3n) is 2.58. The molecular formula is C12H9N5O2S. The molecule has 0 saturated heterocycles. The molecule has 100 valence electrons. The van der Waals surface area contributed by atoms with E-state index in [1.54, 1.807) is 6.07 Å². The molecule has 0 spiro atoms. The largest absolute Gasteiger partial charge is 0.481 e. The van der Waals surface area contributed by atoms with E-state index in [4.69, 9.17) is 20.3 Å². The molecule has 2 heterocycles. The van der Waals surface area contributed by atoms with E-state index >= 15 is 0 Å². The fraction of sp³-hybridized carbons (Fsp3) is 0.0833. The van der Waals surface area contributed by atoms with Gasteiger partial charge in [0.15, 0.2) is 10.8 Å². The van der Waals surface area contributed by atoms with E-state index in [1.165, 1.54) is 11.3 Å². The third kappa shape index (κ3) is 2.16. The van der Waals surface area contributed by atoms with E-state index < -0.39 is 0 Å². The van der Waals surface area contributed by atoms with Crippen molar-refractivity contribution >= 4 is 27.4 Å². The first-order valence-electron chi connectivity index (χ1n) is 5.65. The molecule has 0 unspecified atom stereocenters. The highest BCUT2D eigenvalue weighted by atomic mass is 32.1. The molecule has 0 fully saturated rings. The number of rotatable bonds is 4. The lowest BCUT2D eigenvalue weighted by atomic mass is 10.2. The van der Waals surface area contributed by atoms with Gasteiger partial charge in [-0.3, -0.25) is 5.43 Å². The maximum atomic E-state index is 9.08. The number of fused-ring (bicyclic) bond motifs is 1. The Morgan fingerprint density at radius 3 is 3.00 bits per heavy atom. The number of nitrogens with two attached hydrogens (primary N) is 1. The van der Waals surface area contributed by atoms with Crippen LogP contribution in [0.3, 0.4) is 0 Å². The average Bonchev–Trinajstić information content (AvgIpc) is 3.08. The Morgan fingerprint density at radius 1 is 1.40 bits per heavy atom. The van der Waals surface area contributed by atoms with Crippen molar-refractivity contribution in [1.82, 2.24) is 10.2 Å². The number of ether oxygens (including phenoxy) is 1. The summed E-state index contributed by atoms with van der Waals surface area (Å²) in [7, 11) is 0. The van der Waals surface area contributed by atoms with Crippen LogP contribution in [0.4, 0.5) is 5.13 Å². The minimum absolute atomic E-state index is 0.146. The second-order valence-corrected chi connectivity index (χ2v) is 4.86. The second-order valence-electron chi connectivity index (χ2n) is 3.80. The van der Waals surface area contributed by atoms with Gasteiger partial charge >= 0.3 is 0 Å². The van der Waals surface area contributed by atoms with Crippen LogP contribution in [0.15, 0.2) is 28.7 Å². The van der Waals surface area contributed by atoms with Gasteiger partial charge in [-0.15, -0.1) is 10.2 Å². The standard InChI is InChI=1S/C12H9N5O2S/c13-5-9-11(7-3-1-2-4-8(7)19-9)18-6-10-16-17-12(15-14)20-10/h1-4H,6,14H2,(H,15,17). The minimum atomic E-state index is 0.146. The molecule has 0 atom stereocenters. The van der Waals surface area contributed by atoms with Crippen molar-refractivity contribution < 1.29 is 9.15 Å². The lowest BCUT2D eigenvalue weighted by Crippen LogP contribution is -2.05. The first kappa shape index (κ1) is 12.4. The smallest absolute Gasteiger partial charge is 0.246 e. The number of aromatic nitrogens is 2. The van der Waals surface area contributed by atoms with Crippen LogP contribution in [-0.4, -0.2) is 10.2 Å². The third-order valence-corrected chi connectivity index (χ3v) is 3.41. The monoisotopic (exact) mass is 287 g/mol. The van der Waals surface area contributed by atoms with Crippen LogP contribution >= 0.6 is 11.3 Å². The average molecular weight is 287 g/mol. The van der Waals surface area contributed by atoms with Crippen molar-refractivity contribution in [3.8, 4) is 11.8 Å². The zero-order valence-electron chi connectivity index (χ0n) is 10.2. The van der Waals surface area contributed by atoms with Gasteiger partial charge in [0, 0.05) is 0 Å². The summed E-state index contributed by atoms with van der Waals surface area (Å²) in [6, 6.07) is 9.29. The van der Waals surface area contributed by atoms with Crippen molar-refractivity contribution in [3.05, 3.63) is 35.0 Å². The van der Waals surface area contributed by atoms with Crippen molar-refractivity contribution in [1.29, 1.82) is 5.26 Å². The van der Waals surface area contributed by atoms with Gasteiger partial charge in [0.1, 0.15) is 18.3 Å². The Kier molecular flexibility index (Phi) is 3.20. The van der Waals surface area contributed by atoms with Gasteiger partial charge in [0.05, 0.1) is 5.39 Å². The van der Waals surface area contributed by atoms with Crippen LogP contribution in [0.1, 0.15) is 10.8 Å². The summed E-state index contributed by atoms with van der Waals surface area (Å²) >= 11 is 1.28. The summed E-state index contributed by atoms with van der Waals surface area (Å²) in [5, 5.41) is 18.7. The van der Waals surface area contributed by atoms with Crippen LogP contribution in [0, 0.1) is 11.3 Å². The molecule has 0 aliphatic rings. The van der Waals surface area contributed by atoms with Gasteiger partial charge in [0.2, 0.25) is 10.9 Å². The fourth-order valence-electron chi connectivity index (χ4n) is 1.74. The van der Waals surface area contributed by atoms with Crippen molar-refractivity contribution in [3.63, 3.8) is 0 Å². The van der Waals surface area contributed by atoms with E-state index in [9.17, 15) is 0 Å². The van der Waals surface area contributed by atoms with Crippen LogP contribution in [0.2, 0.25) is 0 Å². The van der Waals surface area contributed by atoms with Crippen LogP contribution < -0.4 is 16.0 Å². The van der Waals surface area contributed by atoms with Gasteiger partial charge in [-0.2, -0.15) is 5.26 Å². The Bertz CT molecular complexity index is 789. The number of anilines is 1. The van der Waals surface area contributed by atoms with Gasteiger partial charge in [-0.05, 0) is 12.1 Å². The highest BCUT2D eigenvalue weighted by molar-refractivity contribution is 7.15. The lowest BCUT2D eigenvalue weighted by Gasteiger charge is -2.00. The van der Waals surface area contributed by atoms with Gasteiger partial charge in [-0.1, -0.05) is 23.5 Å². The maximum absolute atomic E-state index is 9.08. The summed E-state index contributed by atoms with van der Waals surface area (Å²) in [5.74, 6) is 5.80. The van der Waals surface area contributed by atoms with Crippen molar-refractivity contribution in [2.45, 2.75) is 6.61 Å². The molecule has 0 bridgehead atoms. The number of nitriles is 1. The SMILES string of the molecule is N#Cc1oc2ccccc2c1OCc1nnc(NN)s1. The molecule has 0 aliphatic heterocycles. The summed E-state index contributed by atoms with van der Waals surface area (Å²) in [4.78, 5) is 0. The Hall–Kier alpha value is -2.63. The molecule has 8 heteroatoms. The fourth-order valence-corrected chi connectivity index (χ4v) is 2.31. The molecule has 3 rings (SSSR count). The first-order valence-corrected chi connectivity index (χ1v) is 6.47. The summed E-state index contributed by atoms with van der Waals surface area (Å²) < 4.78 is 11.1. The second kappa shape index (κ2) is 5.16. The molecule has 0 amide bonds. The lowest BCUT2D eigenvalue weighted by molar-refractivity contribution is 0.302. The van der Waals surface area contributed by atoms with E-state index in [1.807, 2.05) is 24.3 Å². The molecule has 2 aromatic heterocycles. The Balaban J connectivity index is 1.88. The summed E-state index contributed by atoms with van der Waals surface area (Å²) in [5.41, 5.74) is 3.02. The number of hydrogen-bond acceptors (Lipinski definition) is 8. The Morgan fingerprint density at radius 2 is 2.25 bits per heavy atom. The molecule has 1 aromatic carbocycles. The van der Waals surface area contributed by atoms with E-state index in [0.29, 0.717) is 21.5 Å². The number of furan rings is 1. The normalized spacial score (nSPS) is 10.4. The molecule has 0 aliphatic carbocycles. The van der Waals surface area contributed by atoms with E-state index in [0.717, 1.165) is 5.39 Å². The number of nitrogen functional groups attached to an aromatic ring is 1. The van der Waals surface area contributed by atoms with Crippen molar-refractivity contribution in [2.24, 2.45) is 5.84 Å². The van der Waals surface area contributed by atoms with Gasteiger partial charge in [-0.25, -0.2) is 5.84 Å². The zero-order chi connectivity index (χ0) is 13.9. The highest BCUT2D eigenvalue weighted by Gasteiger charge is 2.15. The predicted molar refractivity (Wildman–Crippen MR) is 73.0 cm³/mol. The highest BCUT2D eigenvalue weighted by Crippen LogP contribution is 2.33. The maximum Gasteiger partial charge on any atom is 0.246 e. The van der Waals surface area contributed by atoms with Crippen LogP contribution in [-0.2, 0) is 6.61 Å². The molecule has 20 heavy (non-hydrogen) atoms. The zero-order valence-corrected chi connectivity index (χ0v) is 11.0. The van der Waals surface area contributed by atoms with Crippen LogP contribution in [0.5, 0.6) is 5.75 Å². The molecule has 3 N–H and O–H groups in total. The summed E-state index contributed by atoms with van der Waals surface area (Å²) in [6.07, 6.45) is 0. The van der Waals surface area contributed by atoms with E-state index in [-0.39, 0.29) is 12.4 Å². The van der Waals surface area contributed by atoms with Crippen LogP contribution in [0.25, 0.3) is 11.0 Å². The van der Waals surface area contributed by atoms with Crippen molar-refractivity contribution in [2.75, 3.05) is 5.43 Å². The molecule has 3 aromatic rings. The minimum Gasteiger partial charge on any atom is -0.481 e. The quantitative estimate of drug-likeness (QED) is 0.558. The summed E-state index contributed by atoms with van der Waals surface area (Å²) in [6.45, 7) is 0.192. The Labute approximate surface area is 117 Å². The number of benzene rings is 1. The molecule has 0 saturated carbocycles. The number of para-hydroxylation sites is 1. The number of nitrogens with zero attached hydrogens (tertiary/aromatic N) is 3. The van der Waals surface area contributed by atoms with Gasteiger partial charge in [0.25, 0.3) is 0 Å². The van der Waals surface area contributed by atoms with Gasteiger partial charge < -0.3 is 9.15 Å². The first-order chi connectivity index (χ1) is 9.81. The molecular weight excluding hydrogens is 278 g/mol. The topological polar surface area (TPSA) is 110 Å².